The van der Waals surface area contributed by atoms with Crippen molar-refractivity contribution in [2.24, 2.45) is 11.8 Å². The first-order valence-corrected chi connectivity index (χ1v) is 14.4. The fourth-order valence-corrected chi connectivity index (χ4v) is 6.89. The molecule has 0 saturated carbocycles. The monoisotopic (exact) mass is 496 g/mol. The van der Waals surface area contributed by atoms with Crippen molar-refractivity contribution < 1.29 is 17.1 Å². The van der Waals surface area contributed by atoms with Crippen LogP contribution in [0.2, 0.25) is 0 Å². The van der Waals surface area contributed by atoms with Crippen molar-refractivity contribution in [2.75, 3.05) is 0 Å². The van der Waals surface area contributed by atoms with Crippen LogP contribution in [0.25, 0.3) is 0 Å². The Hall–Kier alpha value is -0.521. The molecule has 0 spiro atoms. The molecule has 33 heavy (non-hydrogen) atoms. The quantitative estimate of drug-likeness (QED) is 0.236. The van der Waals surface area contributed by atoms with E-state index < -0.39 is 0 Å². The Morgan fingerprint density at radius 1 is 0.394 bits per heavy atom. The summed E-state index contributed by atoms with van der Waals surface area (Å²) >= 11 is 0. The Bertz CT molecular complexity index is 651. The first-order chi connectivity index (χ1) is 15.5. The van der Waals surface area contributed by atoms with E-state index in [1.165, 1.54) is 77.0 Å². The van der Waals surface area contributed by atoms with Crippen molar-refractivity contribution in [1.29, 1.82) is 0 Å². The Morgan fingerprint density at radius 2 is 0.667 bits per heavy atom. The van der Waals surface area contributed by atoms with Gasteiger partial charge in [0.1, 0.15) is 0 Å². The third-order valence-corrected chi connectivity index (χ3v) is 7.99. The molecule has 0 nitrogen and oxygen atoms in total. The number of rotatable bonds is 12. The predicted molar refractivity (Wildman–Crippen MR) is 147 cm³/mol. The second-order valence-corrected chi connectivity index (χ2v) is 9.56. The molecule has 0 aliphatic heterocycles. The van der Waals surface area contributed by atoms with Crippen LogP contribution in [-0.2, 0) is 17.1 Å². The van der Waals surface area contributed by atoms with Crippen molar-refractivity contribution in [2.45, 2.75) is 146 Å². The largest absolute Gasteiger partial charge is 0.0651 e. The Kier molecular flexibility index (Phi) is 16.7. The summed E-state index contributed by atoms with van der Waals surface area (Å²) < 4.78 is 0. The molecule has 192 valence electrons. The third-order valence-electron chi connectivity index (χ3n) is 7.99. The summed E-state index contributed by atoms with van der Waals surface area (Å²) in [7, 11) is 0. The summed E-state index contributed by atoms with van der Waals surface area (Å²) in [4.78, 5) is 0. The van der Waals surface area contributed by atoms with Gasteiger partial charge in [-0.3, -0.25) is 0 Å². The van der Waals surface area contributed by atoms with Gasteiger partial charge in [0.25, 0.3) is 0 Å². The average Bonchev–Trinajstić information content (AvgIpc) is 3.29. The minimum atomic E-state index is 0. The van der Waals surface area contributed by atoms with Crippen molar-refractivity contribution in [1.82, 2.24) is 0 Å². The summed E-state index contributed by atoms with van der Waals surface area (Å²) in [5, 5.41) is 0. The Morgan fingerprint density at radius 3 is 0.848 bits per heavy atom. The summed E-state index contributed by atoms with van der Waals surface area (Å²) in [5.41, 5.74) is 13.9. The van der Waals surface area contributed by atoms with Crippen LogP contribution in [0.5, 0.6) is 0 Å². The molecule has 2 aliphatic rings. The number of allylic oxidation sites excluding steroid dienone is 8. The number of hydrogen-bond acceptors (Lipinski definition) is 0. The van der Waals surface area contributed by atoms with E-state index in [4.69, 9.17) is 0 Å². The molecule has 0 heterocycles. The van der Waals surface area contributed by atoms with E-state index in [0.717, 1.165) is 11.8 Å². The van der Waals surface area contributed by atoms with E-state index in [2.05, 4.69) is 69.2 Å². The van der Waals surface area contributed by atoms with Gasteiger partial charge in [-0.15, -0.1) is 0 Å². The van der Waals surface area contributed by atoms with Gasteiger partial charge >= 0.3 is 0 Å². The minimum absolute atomic E-state index is 0. The second-order valence-electron chi connectivity index (χ2n) is 9.56. The van der Waals surface area contributed by atoms with Crippen LogP contribution in [0, 0.1) is 11.8 Å². The van der Waals surface area contributed by atoms with E-state index >= 15 is 0 Å². The molecule has 0 aromatic heterocycles. The maximum absolute atomic E-state index is 2.35. The summed E-state index contributed by atoms with van der Waals surface area (Å²) in [5.74, 6) is 1.57. The molecule has 0 bridgehead atoms. The smallest absolute Gasteiger partial charge is 0.00160 e. The molecule has 0 fully saturated rings. The molecular formula is C32H56Fe. The van der Waals surface area contributed by atoms with Gasteiger partial charge < -0.3 is 0 Å². The van der Waals surface area contributed by atoms with Gasteiger partial charge in [-0.2, -0.15) is 0 Å². The van der Waals surface area contributed by atoms with Crippen LogP contribution < -0.4 is 0 Å². The van der Waals surface area contributed by atoms with Crippen LogP contribution >= 0.6 is 0 Å². The second kappa shape index (κ2) is 17.0. The zero-order valence-corrected chi connectivity index (χ0v) is 25.1. The molecule has 0 radical (unpaired) electrons. The molecule has 2 aliphatic carbocycles. The van der Waals surface area contributed by atoms with Crippen molar-refractivity contribution in [3.63, 3.8) is 0 Å². The van der Waals surface area contributed by atoms with E-state index in [1.54, 1.807) is 44.6 Å². The van der Waals surface area contributed by atoms with E-state index in [1.807, 2.05) is 0 Å². The normalized spacial score (nSPS) is 20.5. The predicted octanol–water partition coefficient (Wildman–Crippen LogP) is 11.3. The van der Waals surface area contributed by atoms with Crippen molar-refractivity contribution in [3.8, 4) is 0 Å². The van der Waals surface area contributed by atoms with Crippen LogP contribution in [0.4, 0.5) is 0 Å². The average molecular weight is 497 g/mol. The summed E-state index contributed by atoms with van der Waals surface area (Å²) in [6.45, 7) is 23.3. The molecule has 0 saturated heterocycles. The Labute approximate surface area is 219 Å². The first kappa shape index (κ1) is 32.5. The van der Waals surface area contributed by atoms with Crippen LogP contribution in [0.1, 0.15) is 146 Å². The Balaban J connectivity index is 0.000000602. The molecular weight excluding hydrogens is 440 g/mol. The topological polar surface area (TPSA) is 0 Å². The molecule has 0 N–H and O–H groups in total. The van der Waals surface area contributed by atoms with Crippen LogP contribution in [0.3, 0.4) is 0 Å². The van der Waals surface area contributed by atoms with Crippen molar-refractivity contribution in [3.05, 3.63) is 44.6 Å². The maximum Gasteiger partial charge on any atom is 0.00160 e. The van der Waals surface area contributed by atoms with E-state index in [0.29, 0.717) is 0 Å². The first-order valence-electron chi connectivity index (χ1n) is 14.4. The van der Waals surface area contributed by atoms with Crippen LogP contribution in [0.15, 0.2) is 44.6 Å². The summed E-state index contributed by atoms with van der Waals surface area (Å²) in [6.07, 6.45) is 15.2. The van der Waals surface area contributed by atoms with E-state index in [-0.39, 0.29) is 17.1 Å². The third kappa shape index (κ3) is 7.24. The molecule has 1 heteroatoms. The van der Waals surface area contributed by atoms with Gasteiger partial charge in [-0.1, -0.05) is 104 Å². The standard InChI is InChI=1S/2C16H28.Fe/c2*1-6-11-16-14(9-4)12(7-2)13(8-3)15(16)10-5;/h2*14H,6-11H2,1-5H3;. The fourth-order valence-electron chi connectivity index (χ4n) is 6.89. The fraction of sp³-hybridized carbons (Fsp3) is 0.750. The van der Waals surface area contributed by atoms with Gasteiger partial charge in [-0.05, 0) is 86.5 Å². The van der Waals surface area contributed by atoms with Crippen LogP contribution in [-0.4, -0.2) is 0 Å². The van der Waals surface area contributed by atoms with Gasteiger partial charge in [-0.25, -0.2) is 0 Å². The molecule has 2 atom stereocenters. The minimum Gasteiger partial charge on any atom is -0.0651 e. The van der Waals surface area contributed by atoms with Crippen molar-refractivity contribution >= 4 is 0 Å². The zero-order chi connectivity index (χ0) is 24.3. The molecule has 0 aromatic rings. The van der Waals surface area contributed by atoms with Gasteiger partial charge in [0.2, 0.25) is 0 Å². The summed E-state index contributed by atoms with van der Waals surface area (Å²) in [6, 6.07) is 0. The molecule has 0 amide bonds. The molecule has 0 aromatic carbocycles. The van der Waals surface area contributed by atoms with Gasteiger partial charge in [0.15, 0.2) is 0 Å². The maximum atomic E-state index is 2.35. The molecule has 2 rings (SSSR count). The van der Waals surface area contributed by atoms with E-state index in [9.17, 15) is 0 Å². The zero-order valence-electron chi connectivity index (χ0n) is 24.0. The van der Waals surface area contributed by atoms with Gasteiger partial charge in [0.05, 0.1) is 0 Å². The number of hydrogen-bond donors (Lipinski definition) is 0. The van der Waals surface area contributed by atoms with Gasteiger partial charge in [0, 0.05) is 28.9 Å². The SMILES string of the molecule is CCCC1=C(CC)C(CC)=C(CC)C1CC.CCCC1=C(CC)C(CC)=C(CC)C1CC.[Fe]. The molecule has 2 unspecified atom stereocenters.